The minimum atomic E-state index is -0.845. The monoisotopic (exact) mass is 318 g/mol. The maximum atomic E-state index is 12.4. The summed E-state index contributed by atoms with van der Waals surface area (Å²) in [4.78, 5) is 28.9. The number of nitrogens with zero attached hydrogens (tertiary/aromatic N) is 2. The number of aryl methyl sites for hydroxylation is 1. The lowest BCUT2D eigenvalue weighted by Gasteiger charge is -2.17. The third-order valence-electron chi connectivity index (χ3n) is 3.21. The van der Waals surface area contributed by atoms with Crippen molar-refractivity contribution in [3.63, 3.8) is 0 Å². The highest BCUT2D eigenvalue weighted by Gasteiger charge is 2.13. The second-order valence-corrected chi connectivity index (χ2v) is 5.96. The molecule has 116 valence electrons. The summed E-state index contributed by atoms with van der Waals surface area (Å²) in [5.41, 5.74) is 2.47. The van der Waals surface area contributed by atoms with Crippen LogP contribution in [0.25, 0.3) is 10.6 Å². The smallest absolute Gasteiger partial charge is 0.303 e. The number of hydrogen-bond donors (Lipinski definition) is 1. The molecule has 0 spiro atoms. The van der Waals surface area contributed by atoms with E-state index in [-0.39, 0.29) is 12.3 Å². The Labute approximate surface area is 133 Å². The van der Waals surface area contributed by atoms with Gasteiger partial charge in [0.1, 0.15) is 5.01 Å². The first kappa shape index (κ1) is 16.2. The molecule has 0 aliphatic heterocycles. The van der Waals surface area contributed by atoms with Gasteiger partial charge in [-0.25, -0.2) is 4.98 Å². The fraction of sp³-hybridized carbons (Fsp3) is 0.312. The van der Waals surface area contributed by atoms with Crippen LogP contribution < -0.4 is 0 Å². The molecule has 2 aromatic rings. The molecule has 0 aliphatic rings. The topological polar surface area (TPSA) is 70.5 Å². The molecule has 1 N–H and O–H groups in total. The first-order chi connectivity index (χ1) is 10.5. The zero-order valence-corrected chi connectivity index (χ0v) is 13.4. The Morgan fingerprint density at radius 3 is 2.77 bits per heavy atom. The first-order valence-corrected chi connectivity index (χ1v) is 7.85. The van der Waals surface area contributed by atoms with Crippen molar-refractivity contribution in [2.45, 2.75) is 19.8 Å². The quantitative estimate of drug-likeness (QED) is 0.888. The average molecular weight is 318 g/mol. The van der Waals surface area contributed by atoms with Crippen LogP contribution >= 0.6 is 11.3 Å². The molecule has 0 aliphatic carbocycles. The number of aromatic nitrogens is 1. The second-order valence-electron chi connectivity index (χ2n) is 5.10. The van der Waals surface area contributed by atoms with Crippen LogP contribution in [-0.2, 0) is 4.79 Å². The van der Waals surface area contributed by atoms with Crippen LogP contribution in [0.1, 0.15) is 28.9 Å². The summed E-state index contributed by atoms with van der Waals surface area (Å²) in [6.07, 6.45) is 0.513. The van der Waals surface area contributed by atoms with Gasteiger partial charge >= 0.3 is 5.97 Å². The molecule has 1 aromatic carbocycles. The second kappa shape index (κ2) is 7.17. The number of carbonyl (C=O) groups excluding carboxylic acids is 1. The van der Waals surface area contributed by atoms with E-state index in [2.05, 4.69) is 4.98 Å². The molecule has 1 aromatic heterocycles. The van der Waals surface area contributed by atoms with E-state index < -0.39 is 5.97 Å². The number of thiazole rings is 1. The van der Waals surface area contributed by atoms with Crippen LogP contribution in [0.5, 0.6) is 0 Å². The summed E-state index contributed by atoms with van der Waals surface area (Å²) >= 11 is 1.55. The highest BCUT2D eigenvalue weighted by Crippen LogP contribution is 2.24. The molecule has 0 saturated heterocycles. The van der Waals surface area contributed by atoms with E-state index in [1.807, 2.05) is 30.5 Å². The highest BCUT2D eigenvalue weighted by molar-refractivity contribution is 7.13. The summed E-state index contributed by atoms with van der Waals surface area (Å²) < 4.78 is 0. The van der Waals surface area contributed by atoms with E-state index in [1.165, 1.54) is 0 Å². The van der Waals surface area contributed by atoms with Gasteiger partial charge < -0.3 is 10.0 Å². The van der Waals surface area contributed by atoms with Gasteiger partial charge in [-0.05, 0) is 25.5 Å². The van der Waals surface area contributed by atoms with Gasteiger partial charge in [-0.3, -0.25) is 9.59 Å². The predicted molar refractivity (Wildman–Crippen MR) is 86.1 cm³/mol. The molecule has 22 heavy (non-hydrogen) atoms. The van der Waals surface area contributed by atoms with E-state index >= 15 is 0 Å². The lowest BCUT2D eigenvalue weighted by Crippen LogP contribution is -2.28. The van der Waals surface area contributed by atoms with Crippen molar-refractivity contribution < 1.29 is 14.7 Å². The fourth-order valence-corrected chi connectivity index (χ4v) is 2.86. The minimum absolute atomic E-state index is 0.0655. The SMILES string of the molecule is Cc1csc(-c2cccc(C(=O)N(C)CCCC(=O)O)c2)n1. The normalized spacial score (nSPS) is 10.5. The molecule has 0 unspecified atom stereocenters. The van der Waals surface area contributed by atoms with Crippen LogP contribution in [0.2, 0.25) is 0 Å². The molecule has 0 saturated carbocycles. The van der Waals surface area contributed by atoms with Gasteiger partial charge in [0.05, 0.1) is 0 Å². The maximum absolute atomic E-state index is 12.4. The van der Waals surface area contributed by atoms with E-state index in [4.69, 9.17) is 5.11 Å². The highest BCUT2D eigenvalue weighted by atomic mass is 32.1. The molecule has 1 amide bonds. The molecule has 0 radical (unpaired) electrons. The molecular formula is C16H18N2O3S. The van der Waals surface area contributed by atoms with Gasteiger partial charge in [0.2, 0.25) is 0 Å². The van der Waals surface area contributed by atoms with Crippen molar-refractivity contribution in [1.82, 2.24) is 9.88 Å². The van der Waals surface area contributed by atoms with Crippen LogP contribution in [-0.4, -0.2) is 40.5 Å². The van der Waals surface area contributed by atoms with E-state index in [9.17, 15) is 9.59 Å². The Morgan fingerprint density at radius 2 is 2.14 bits per heavy atom. The lowest BCUT2D eigenvalue weighted by molar-refractivity contribution is -0.137. The van der Waals surface area contributed by atoms with Crippen molar-refractivity contribution in [3.05, 3.63) is 40.9 Å². The molecular weight excluding hydrogens is 300 g/mol. The molecule has 2 rings (SSSR count). The number of amides is 1. The number of aliphatic carboxylic acids is 1. The van der Waals surface area contributed by atoms with Gasteiger partial charge in [-0.2, -0.15) is 0 Å². The minimum Gasteiger partial charge on any atom is -0.481 e. The molecule has 5 nitrogen and oxygen atoms in total. The van der Waals surface area contributed by atoms with Gasteiger partial charge in [0.15, 0.2) is 0 Å². The number of benzene rings is 1. The van der Waals surface area contributed by atoms with Crippen molar-refractivity contribution >= 4 is 23.2 Å². The van der Waals surface area contributed by atoms with E-state index in [1.54, 1.807) is 29.4 Å². The summed E-state index contributed by atoms with van der Waals surface area (Å²) in [5.74, 6) is -0.956. The lowest BCUT2D eigenvalue weighted by atomic mass is 10.1. The number of carboxylic acids is 1. The predicted octanol–water partition coefficient (Wildman–Crippen LogP) is 3.06. The van der Waals surface area contributed by atoms with Crippen molar-refractivity contribution in [2.75, 3.05) is 13.6 Å². The Kier molecular flexibility index (Phi) is 5.27. The number of hydrogen-bond acceptors (Lipinski definition) is 4. The fourth-order valence-electron chi connectivity index (χ4n) is 2.06. The molecule has 6 heteroatoms. The summed E-state index contributed by atoms with van der Waals surface area (Å²) in [6, 6.07) is 7.36. The summed E-state index contributed by atoms with van der Waals surface area (Å²) in [5, 5.41) is 11.5. The number of carboxylic acid groups (broad SMARTS) is 1. The third kappa shape index (κ3) is 4.14. The molecule has 1 heterocycles. The molecule has 0 bridgehead atoms. The summed E-state index contributed by atoms with van der Waals surface area (Å²) in [7, 11) is 1.68. The van der Waals surface area contributed by atoms with Crippen LogP contribution in [0.15, 0.2) is 29.6 Å². The van der Waals surface area contributed by atoms with Crippen molar-refractivity contribution in [1.29, 1.82) is 0 Å². The largest absolute Gasteiger partial charge is 0.481 e. The Balaban J connectivity index is 2.08. The van der Waals surface area contributed by atoms with Crippen molar-refractivity contribution in [3.8, 4) is 10.6 Å². The third-order valence-corrected chi connectivity index (χ3v) is 4.22. The average Bonchev–Trinajstić information content (AvgIpc) is 2.92. The molecule has 0 atom stereocenters. The number of carbonyl (C=O) groups is 2. The van der Waals surface area contributed by atoms with Crippen LogP contribution in [0.3, 0.4) is 0 Å². The maximum Gasteiger partial charge on any atom is 0.303 e. The first-order valence-electron chi connectivity index (χ1n) is 6.97. The zero-order chi connectivity index (χ0) is 16.1. The standard InChI is InChI=1S/C16H18N2O3S/c1-11-10-22-15(17-11)12-5-3-6-13(9-12)16(21)18(2)8-4-7-14(19)20/h3,5-6,9-10H,4,7-8H2,1-2H3,(H,19,20). The van der Waals surface area contributed by atoms with Gasteiger partial charge in [0.25, 0.3) is 5.91 Å². The van der Waals surface area contributed by atoms with Crippen molar-refractivity contribution in [2.24, 2.45) is 0 Å². The zero-order valence-electron chi connectivity index (χ0n) is 12.6. The van der Waals surface area contributed by atoms with Gasteiger partial charge in [-0.1, -0.05) is 12.1 Å². The Bertz CT molecular complexity index is 682. The Hall–Kier alpha value is -2.21. The summed E-state index contributed by atoms with van der Waals surface area (Å²) in [6.45, 7) is 2.36. The van der Waals surface area contributed by atoms with E-state index in [0.717, 1.165) is 16.3 Å². The van der Waals surface area contributed by atoms with Crippen LogP contribution in [0.4, 0.5) is 0 Å². The molecule has 0 fully saturated rings. The van der Waals surface area contributed by atoms with Gasteiger partial charge in [-0.15, -0.1) is 11.3 Å². The Morgan fingerprint density at radius 1 is 1.36 bits per heavy atom. The van der Waals surface area contributed by atoms with E-state index in [0.29, 0.717) is 18.5 Å². The number of rotatable bonds is 6. The van der Waals surface area contributed by atoms with Crippen LogP contribution in [0, 0.1) is 6.92 Å². The van der Waals surface area contributed by atoms with Gasteiger partial charge in [0, 0.05) is 42.2 Å².